The van der Waals surface area contributed by atoms with E-state index < -0.39 is 0 Å². The molecule has 9 aromatic rings. The van der Waals surface area contributed by atoms with Crippen molar-refractivity contribution in [2.24, 2.45) is 5.92 Å². The Morgan fingerprint density at radius 1 is 0.649 bits per heavy atom. The van der Waals surface area contributed by atoms with Crippen molar-refractivity contribution in [2.75, 3.05) is 11.9 Å². The molecule has 0 saturated carbocycles. The Balaban J connectivity index is 0.936. The van der Waals surface area contributed by atoms with Crippen LogP contribution in [0.5, 0.6) is 0 Å². The number of fused-ring (bicyclic) bond motifs is 19. The maximum absolute atomic E-state index is 5.25. The molecule has 3 atom stereocenters. The molecule has 57 heavy (non-hydrogen) atoms. The molecule has 5 heterocycles. The van der Waals surface area contributed by atoms with Crippen molar-refractivity contribution in [3.63, 3.8) is 0 Å². The Kier molecular flexibility index (Phi) is 5.55. The summed E-state index contributed by atoms with van der Waals surface area (Å²) in [7, 11) is 0. The monoisotopic (exact) mass is 727 g/mol. The molecule has 0 amide bonds. The van der Waals surface area contributed by atoms with E-state index in [9.17, 15) is 0 Å². The zero-order valence-electron chi connectivity index (χ0n) is 30.8. The van der Waals surface area contributed by atoms with Gasteiger partial charge < -0.3 is 9.88 Å². The molecule has 4 aromatic heterocycles. The first-order chi connectivity index (χ1) is 28.3. The molecular weight excluding hydrogens is 695 g/mol. The van der Waals surface area contributed by atoms with E-state index in [2.05, 4.69) is 166 Å². The van der Waals surface area contributed by atoms with Crippen LogP contribution >= 0.6 is 0 Å². The lowest BCUT2D eigenvalue weighted by atomic mass is 9.67. The van der Waals surface area contributed by atoms with E-state index in [0.29, 0.717) is 11.8 Å². The van der Waals surface area contributed by atoms with Crippen LogP contribution in [0.3, 0.4) is 0 Å². The molecule has 0 bridgehead atoms. The maximum atomic E-state index is 5.25. The summed E-state index contributed by atoms with van der Waals surface area (Å²) in [5, 5.41) is 7.29. The summed E-state index contributed by atoms with van der Waals surface area (Å²) < 4.78 is 4.76. The molecule has 266 valence electrons. The Morgan fingerprint density at radius 2 is 1.40 bits per heavy atom. The van der Waals surface area contributed by atoms with E-state index in [1.165, 1.54) is 83.2 Å². The van der Waals surface area contributed by atoms with Crippen LogP contribution in [0.4, 0.5) is 5.82 Å². The van der Waals surface area contributed by atoms with Crippen molar-refractivity contribution < 1.29 is 0 Å². The van der Waals surface area contributed by atoms with Gasteiger partial charge in [0.1, 0.15) is 11.5 Å². The number of hydrogen-bond acceptors (Lipinski definition) is 3. The minimum Gasteiger partial charge on any atom is -0.367 e. The number of aromatic nitrogens is 4. The normalized spacial score (nSPS) is 20.2. The molecule has 5 aliphatic rings. The van der Waals surface area contributed by atoms with Crippen LogP contribution in [-0.4, -0.2) is 25.6 Å². The van der Waals surface area contributed by atoms with Gasteiger partial charge in [0, 0.05) is 69.4 Å². The lowest BCUT2D eigenvalue weighted by Crippen LogP contribution is -2.33. The predicted molar refractivity (Wildman–Crippen MR) is 230 cm³/mol. The fourth-order valence-corrected chi connectivity index (χ4v) is 11.3. The molecule has 0 saturated heterocycles. The van der Waals surface area contributed by atoms with Gasteiger partial charge in [-0.3, -0.25) is 9.55 Å². The lowest BCUT2D eigenvalue weighted by Gasteiger charge is -2.34. The molecule has 1 aliphatic heterocycles. The second-order valence-corrected chi connectivity index (χ2v) is 16.1. The quantitative estimate of drug-likeness (QED) is 0.197. The highest BCUT2D eigenvalue weighted by Gasteiger charge is 2.63. The molecule has 5 aromatic carbocycles. The fourth-order valence-electron chi connectivity index (χ4n) is 11.3. The number of rotatable bonds is 3. The van der Waals surface area contributed by atoms with Gasteiger partial charge in [0.2, 0.25) is 0 Å². The highest BCUT2D eigenvalue weighted by Crippen LogP contribution is 2.71. The number of allylic oxidation sites excluding steroid dienone is 4. The molecule has 5 nitrogen and oxygen atoms in total. The van der Waals surface area contributed by atoms with Gasteiger partial charge in [-0.25, -0.2) is 4.98 Å². The average Bonchev–Trinajstić information content (AvgIpc) is 3.56. The van der Waals surface area contributed by atoms with Crippen LogP contribution in [0.15, 0.2) is 175 Å². The molecule has 3 unspecified atom stereocenters. The molecular formula is C52H33N5. The zero-order chi connectivity index (χ0) is 37.0. The first kappa shape index (κ1) is 30.0. The number of hydrogen-bond donors (Lipinski definition) is 1. The Bertz CT molecular complexity index is 3360. The molecule has 1 N–H and O–H groups in total. The van der Waals surface area contributed by atoms with Crippen molar-refractivity contribution in [3.05, 3.63) is 203 Å². The minimum atomic E-state index is -0.339. The van der Waals surface area contributed by atoms with Crippen LogP contribution in [0, 0.1) is 5.92 Å². The highest BCUT2D eigenvalue weighted by atomic mass is 15.2. The van der Waals surface area contributed by atoms with Gasteiger partial charge >= 0.3 is 0 Å². The van der Waals surface area contributed by atoms with Crippen molar-refractivity contribution in [3.8, 4) is 33.6 Å². The Labute approximate surface area is 328 Å². The van der Waals surface area contributed by atoms with Crippen LogP contribution in [-0.2, 0) is 5.41 Å². The van der Waals surface area contributed by atoms with E-state index in [4.69, 9.17) is 9.97 Å². The van der Waals surface area contributed by atoms with E-state index in [1.54, 1.807) is 0 Å². The van der Waals surface area contributed by atoms with Gasteiger partial charge in [0.25, 0.3) is 0 Å². The summed E-state index contributed by atoms with van der Waals surface area (Å²) in [5.74, 6) is 1.77. The third kappa shape index (κ3) is 3.66. The summed E-state index contributed by atoms with van der Waals surface area (Å²) in [6.07, 6.45) is 13.2. The second-order valence-electron chi connectivity index (χ2n) is 16.1. The summed E-state index contributed by atoms with van der Waals surface area (Å²) in [5.41, 5.74) is 19.9. The first-order valence-corrected chi connectivity index (χ1v) is 20.0. The topological polar surface area (TPSA) is 47.7 Å². The number of nitrogens with zero attached hydrogens (tertiary/aromatic N) is 4. The summed E-state index contributed by atoms with van der Waals surface area (Å²) in [4.78, 5) is 10.0. The molecule has 0 radical (unpaired) electrons. The minimum absolute atomic E-state index is 0.326. The Hall–Kier alpha value is -7.24. The smallest absolute Gasteiger partial charge is 0.146 e. The standard InChI is InChI=1S/C52H33N5/c1-3-13-43-40(9-1)46-44(52(43)47-41-28-32(41)29-42(47)37-10-5-25-53-49(37)52)24-23-36-35-8-2-4-14-45(35)56(48(36)46)33-19-15-30(16-20-33)31-17-21-34(22-18-31)57-50-38(11-6-26-54-50)39-12-7-27-55-51(39)57/h1-26,28-29,42,47,55H,27H2. The molecule has 0 fully saturated rings. The summed E-state index contributed by atoms with van der Waals surface area (Å²) in [6.45, 7) is 0.804. The first-order valence-electron chi connectivity index (χ1n) is 20.0. The zero-order valence-corrected chi connectivity index (χ0v) is 30.8. The molecule has 5 heteroatoms. The number of benzene rings is 5. The van der Waals surface area contributed by atoms with E-state index >= 15 is 0 Å². The Morgan fingerprint density at radius 3 is 2.28 bits per heavy atom. The van der Waals surface area contributed by atoms with Gasteiger partial charge in [0.05, 0.1) is 22.1 Å². The third-order valence-corrected chi connectivity index (χ3v) is 13.6. The summed E-state index contributed by atoms with van der Waals surface area (Å²) >= 11 is 0. The second kappa shape index (κ2) is 10.5. The van der Waals surface area contributed by atoms with Gasteiger partial charge in [-0.1, -0.05) is 109 Å². The summed E-state index contributed by atoms with van der Waals surface area (Å²) in [6, 6.07) is 49.5. The van der Waals surface area contributed by atoms with E-state index in [0.717, 1.165) is 34.8 Å². The van der Waals surface area contributed by atoms with Crippen LogP contribution in [0.2, 0.25) is 0 Å². The van der Waals surface area contributed by atoms with E-state index in [1.807, 2.05) is 18.5 Å². The number of anilines is 1. The van der Waals surface area contributed by atoms with Crippen molar-refractivity contribution in [2.45, 2.75) is 11.3 Å². The largest absolute Gasteiger partial charge is 0.367 e. The average molecular weight is 728 g/mol. The van der Waals surface area contributed by atoms with Crippen LogP contribution in [0.25, 0.3) is 72.5 Å². The number of pyridine rings is 2. The van der Waals surface area contributed by atoms with Crippen LogP contribution < -0.4 is 5.32 Å². The van der Waals surface area contributed by atoms with Crippen LogP contribution in [0.1, 0.15) is 33.9 Å². The van der Waals surface area contributed by atoms with Gasteiger partial charge in [0.15, 0.2) is 0 Å². The fraction of sp³-hybridized carbons (Fsp3) is 0.0769. The maximum Gasteiger partial charge on any atom is 0.146 e. The molecule has 1 spiro atoms. The predicted octanol–water partition coefficient (Wildman–Crippen LogP) is 11.5. The third-order valence-electron chi connectivity index (χ3n) is 13.6. The van der Waals surface area contributed by atoms with Crippen molar-refractivity contribution in [1.82, 2.24) is 19.1 Å². The van der Waals surface area contributed by atoms with Gasteiger partial charge in [-0.05, 0) is 93.1 Å². The lowest BCUT2D eigenvalue weighted by molar-refractivity contribution is 0.464. The van der Waals surface area contributed by atoms with Gasteiger partial charge in [-0.15, -0.1) is 0 Å². The SMILES string of the molecule is C1=Cc2c(n(-c3ccc(-c4ccc(-n5c6ccccc6c6ccc7c(c65)-c5ccccc5C75c6ncccc6C6C=C7C=C7C65)cc4)cc3)c3ncccc23)NC1. The molecule has 4 aliphatic carbocycles. The van der Waals surface area contributed by atoms with Crippen molar-refractivity contribution >= 4 is 44.7 Å². The van der Waals surface area contributed by atoms with Gasteiger partial charge in [-0.2, -0.15) is 0 Å². The highest BCUT2D eigenvalue weighted by molar-refractivity contribution is 6.16. The van der Waals surface area contributed by atoms with Crippen molar-refractivity contribution in [1.29, 1.82) is 0 Å². The number of nitrogens with one attached hydrogen (secondary N) is 1. The number of para-hydroxylation sites is 1. The molecule has 14 rings (SSSR count). The van der Waals surface area contributed by atoms with E-state index in [-0.39, 0.29) is 5.41 Å².